The molecule has 4 nitrogen and oxygen atoms in total. The molecule has 0 atom stereocenters. The van der Waals surface area contributed by atoms with Gasteiger partial charge in [0.2, 0.25) is 0 Å². The Labute approximate surface area is 136 Å². The summed E-state index contributed by atoms with van der Waals surface area (Å²) in [5, 5.41) is 0. The highest BCUT2D eigenvalue weighted by Crippen LogP contribution is 2.38. The molecule has 4 heteroatoms. The molecular formula is C19H22O4. The molecule has 1 heterocycles. The fraction of sp³-hybridized carbons (Fsp3) is 0.474. The molecule has 0 amide bonds. The van der Waals surface area contributed by atoms with Crippen LogP contribution in [0.3, 0.4) is 0 Å². The van der Waals surface area contributed by atoms with E-state index in [9.17, 15) is 4.79 Å². The van der Waals surface area contributed by atoms with Gasteiger partial charge in [0, 0.05) is 12.8 Å². The van der Waals surface area contributed by atoms with Crippen LogP contribution in [-0.4, -0.2) is 31.6 Å². The van der Waals surface area contributed by atoms with Crippen molar-refractivity contribution in [3.05, 3.63) is 47.2 Å². The Morgan fingerprint density at radius 1 is 1.17 bits per heavy atom. The lowest BCUT2D eigenvalue weighted by Crippen LogP contribution is -2.32. The van der Waals surface area contributed by atoms with Crippen molar-refractivity contribution in [2.45, 2.75) is 38.4 Å². The highest BCUT2D eigenvalue weighted by Gasteiger charge is 2.38. The van der Waals surface area contributed by atoms with Crippen LogP contribution < -0.4 is 0 Å². The Kier molecular flexibility index (Phi) is 4.97. The molecule has 1 saturated heterocycles. The quantitative estimate of drug-likeness (QED) is 0.487. The van der Waals surface area contributed by atoms with Crippen molar-refractivity contribution in [1.82, 2.24) is 0 Å². The number of ether oxygens (including phenoxy) is 3. The monoisotopic (exact) mass is 314 g/mol. The van der Waals surface area contributed by atoms with Crippen molar-refractivity contribution in [2.24, 2.45) is 0 Å². The molecule has 1 aliphatic carbocycles. The van der Waals surface area contributed by atoms with E-state index in [0.29, 0.717) is 25.4 Å². The zero-order valence-electron chi connectivity index (χ0n) is 13.5. The van der Waals surface area contributed by atoms with Crippen LogP contribution in [0.2, 0.25) is 0 Å². The van der Waals surface area contributed by atoms with Crippen LogP contribution in [0.4, 0.5) is 0 Å². The number of benzene rings is 1. The SMILES string of the molecule is CCOC(=O)C(=C=C1CCC2(CC1)OCCO2)c1ccccc1. The summed E-state index contributed by atoms with van der Waals surface area (Å²) in [7, 11) is 0. The molecule has 1 aliphatic heterocycles. The lowest BCUT2D eigenvalue weighted by Gasteiger charge is -2.31. The molecule has 0 N–H and O–H groups in total. The van der Waals surface area contributed by atoms with Gasteiger partial charge in [-0.25, -0.2) is 4.79 Å². The number of hydrogen-bond acceptors (Lipinski definition) is 4. The largest absolute Gasteiger partial charge is 0.462 e. The molecule has 1 aromatic rings. The summed E-state index contributed by atoms with van der Waals surface area (Å²) in [5.41, 5.74) is 5.78. The molecule has 1 spiro atoms. The van der Waals surface area contributed by atoms with E-state index in [0.717, 1.165) is 36.8 Å². The van der Waals surface area contributed by atoms with E-state index in [2.05, 4.69) is 5.73 Å². The second-order valence-electron chi connectivity index (χ2n) is 5.80. The molecule has 2 fully saturated rings. The molecule has 1 saturated carbocycles. The third-order valence-electron chi connectivity index (χ3n) is 4.27. The summed E-state index contributed by atoms with van der Waals surface area (Å²) in [6.07, 6.45) is 3.30. The first-order chi connectivity index (χ1) is 11.2. The van der Waals surface area contributed by atoms with Crippen LogP contribution in [0.5, 0.6) is 0 Å². The van der Waals surface area contributed by atoms with Gasteiger partial charge >= 0.3 is 5.97 Å². The van der Waals surface area contributed by atoms with Crippen molar-refractivity contribution in [2.75, 3.05) is 19.8 Å². The van der Waals surface area contributed by atoms with Gasteiger partial charge in [-0.05, 0) is 30.9 Å². The molecule has 0 bridgehead atoms. The topological polar surface area (TPSA) is 44.8 Å². The Morgan fingerprint density at radius 2 is 1.83 bits per heavy atom. The smallest absolute Gasteiger partial charge is 0.346 e. The lowest BCUT2D eigenvalue weighted by molar-refractivity contribution is -0.171. The second kappa shape index (κ2) is 7.14. The minimum Gasteiger partial charge on any atom is -0.462 e. The summed E-state index contributed by atoms with van der Waals surface area (Å²) in [4.78, 5) is 12.3. The van der Waals surface area contributed by atoms with Crippen LogP contribution >= 0.6 is 0 Å². The minimum absolute atomic E-state index is 0.320. The van der Waals surface area contributed by atoms with Crippen LogP contribution in [0.1, 0.15) is 38.2 Å². The van der Waals surface area contributed by atoms with E-state index in [1.807, 2.05) is 37.3 Å². The Morgan fingerprint density at radius 3 is 2.43 bits per heavy atom. The van der Waals surface area contributed by atoms with Gasteiger partial charge in [0.1, 0.15) is 5.57 Å². The Hall–Kier alpha value is -1.87. The first-order valence-electron chi connectivity index (χ1n) is 8.21. The predicted octanol–water partition coefficient (Wildman–Crippen LogP) is 3.48. The van der Waals surface area contributed by atoms with Crippen LogP contribution in [-0.2, 0) is 19.0 Å². The van der Waals surface area contributed by atoms with Gasteiger partial charge < -0.3 is 14.2 Å². The second-order valence-corrected chi connectivity index (χ2v) is 5.80. The van der Waals surface area contributed by atoms with Gasteiger partial charge in [0.15, 0.2) is 5.79 Å². The molecule has 2 aliphatic rings. The third kappa shape index (κ3) is 3.73. The summed E-state index contributed by atoms with van der Waals surface area (Å²) < 4.78 is 16.7. The molecule has 0 radical (unpaired) electrons. The lowest BCUT2D eigenvalue weighted by atomic mass is 9.89. The van der Waals surface area contributed by atoms with Crippen molar-refractivity contribution >= 4 is 11.5 Å². The summed E-state index contributed by atoms with van der Waals surface area (Å²) in [5.74, 6) is -0.720. The minimum atomic E-state index is -0.401. The van der Waals surface area contributed by atoms with Crippen LogP contribution in [0.25, 0.3) is 5.57 Å². The van der Waals surface area contributed by atoms with Gasteiger partial charge in [0.25, 0.3) is 0 Å². The van der Waals surface area contributed by atoms with E-state index in [-0.39, 0.29) is 5.97 Å². The van der Waals surface area contributed by atoms with E-state index in [1.54, 1.807) is 0 Å². The predicted molar refractivity (Wildman–Crippen MR) is 86.6 cm³/mol. The molecule has 23 heavy (non-hydrogen) atoms. The van der Waals surface area contributed by atoms with E-state index < -0.39 is 5.79 Å². The van der Waals surface area contributed by atoms with Gasteiger partial charge in [-0.2, -0.15) is 0 Å². The summed E-state index contributed by atoms with van der Waals surface area (Å²) in [6.45, 7) is 3.52. The number of carbonyl (C=O) groups excluding carboxylic acids is 1. The van der Waals surface area contributed by atoms with Crippen molar-refractivity contribution in [1.29, 1.82) is 0 Å². The third-order valence-corrected chi connectivity index (χ3v) is 4.27. The van der Waals surface area contributed by atoms with Crippen LogP contribution in [0, 0.1) is 0 Å². The van der Waals surface area contributed by atoms with Crippen molar-refractivity contribution in [3.63, 3.8) is 0 Å². The zero-order chi connectivity index (χ0) is 16.1. The van der Waals surface area contributed by atoms with E-state index in [1.165, 1.54) is 0 Å². The maximum Gasteiger partial charge on any atom is 0.346 e. The molecule has 1 aromatic carbocycles. The molecule has 0 unspecified atom stereocenters. The maximum absolute atomic E-state index is 12.3. The normalized spacial score (nSPS) is 19.4. The van der Waals surface area contributed by atoms with Gasteiger partial charge in [0.05, 0.1) is 19.8 Å². The summed E-state index contributed by atoms with van der Waals surface area (Å²) >= 11 is 0. The standard InChI is InChI=1S/C19H22O4/c1-2-21-18(20)17(16-6-4-3-5-7-16)14-15-8-10-19(11-9-15)22-12-13-23-19/h3-7H,2,8-13H2,1H3. The van der Waals surface area contributed by atoms with Crippen molar-refractivity contribution < 1.29 is 19.0 Å². The first kappa shape index (κ1) is 16.0. The van der Waals surface area contributed by atoms with Crippen molar-refractivity contribution in [3.8, 4) is 0 Å². The average Bonchev–Trinajstić information content (AvgIpc) is 3.04. The molecule has 0 aromatic heterocycles. The average molecular weight is 314 g/mol. The Balaban J connectivity index is 1.87. The summed E-state index contributed by atoms with van der Waals surface area (Å²) in [6, 6.07) is 9.58. The number of rotatable bonds is 3. The first-order valence-corrected chi connectivity index (χ1v) is 8.21. The van der Waals surface area contributed by atoms with E-state index >= 15 is 0 Å². The highest BCUT2D eigenvalue weighted by atomic mass is 16.7. The van der Waals surface area contributed by atoms with Gasteiger partial charge in [-0.15, -0.1) is 5.73 Å². The maximum atomic E-state index is 12.3. The van der Waals surface area contributed by atoms with Gasteiger partial charge in [-0.3, -0.25) is 0 Å². The number of carbonyl (C=O) groups is 1. The van der Waals surface area contributed by atoms with E-state index in [4.69, 9.17) is 14.2 Å². The fourth-order valence-corrected chi connectivity index (χ4v) is 3.07. The zero-order valence-corrected chi connectivity index (χ0v) is 13.5. The van der Waals surface area contributed by atoms with Gasteiger partial charge in [-0.1, -0.05) is 30.3 Å². The Bertz CT molecular complexity index is 608. The molecule has 3 rings (SSSR count). The molecular weight excluding hydrogens is 292 g/mol. The number of hydrogen-bond donors (Lipinski definition) is 0. The molecule has 122 valence electrons. The van der Waals surface area contributed by atoms with Crippen LogP contribution in [0.15, 0.2) is 41.6 Å². The number of esters is 1. The highest BCUT2D eigenvalue weighted by molar-refractivity contribution is 6.16. The fourth-order valence-electron chi connectivity index (χ4n) is 3.07.